The number of pyridine rings is 2. The van der Waals surface area contributed by atoms with Crippen molar-refractivity contribution in [2.45, 2.75) is 31.7 Å². The molecular formula is C25H25F3N4O4. The maximum Gasteiger partial charge on any atom is 0.416 e. The van der Waals surface area contributed by atoms with Gasteiger partial charge in [0.2, 0.25) is 5.88 Å². The summed E-state index contributed by atoms with van der Waals surface area (Å²) in [7, 11) is 1.51. The fourth-order valence-corrected chi connectivity index (χ4v) is 3.67. The highest BCUT2D eigenvalue weighted by molar-refractivity contribution is 6.07. The highest BCUT2D eigenvalue weighted by Gasteiger charge is 2.32. The van der Waals surface area contributed by atoms with Gasteiger partial charge in [0.05, 0.1) is 24.3 Å². The Morgan fingerprint density at radius 2 is 2.03 bits per heavy atom. The molecule has 1 amide bonds. The summed E-state index contributed by atoms with van der Waals surface area (Å²) in [4.78, 5) is 21.3. The quantitative estimate of drug-likeness (QED) is 0.429. The summed E-state index contributed by atoms with van der Waals surface area (Å²) in [6, 6.07) is 9.73. The van der Waals surface area contributed by atoms with E-state index in [2.05, 4.69) is 20.6 Å². The molecule has 1 aromatic carbocycles. The molecule has 4 rings (SSSR count). The molecule has 11 heteroatoms. The molecular weight excluding hydrogens is 477 g/mol. The first-order valence-electron chi connectivity index (χ1n) is 11.3. The molecule has 1 saturated heterocycles. The lowest BCUT2D eigenvalue weighted by atomic mass is 10.1. The van der Waals surface area contributed by atoms with Gasteiger partial charge in [0, 0.05) is 43.4 Å². The summed E-state index contributed by atoms with van der Waals surface area (Å²) in [5, 5.41) is 5.61. The number of nitrogens with one attached hydrogen (secondary N) is 2. The summed E-state index contributed by atoms with van der Waals surface area (Å²) < 4.78 is 56.6. The van der Waals surface area contributed by atoms with Crippen LogP contribution in [-0.2, 0) is 17.5 Å². The Hall–Kier alpha value is -3.86. The fraction of sp³-hybridized carbons (Fsp3) is 0.320. The van der Waals surface area contributed by atoms with Crippen molar-refractivity contribution < 1.29 is 32.2 Å². The van der Waals surface area contributed by atoms with Gasteiger partial charge in [0.25, 0.3) is 5.91 Å². The van der Waals surface area contributed by atoms with Gasteiger partial charge in [0.1, 0.15) is 18.2 Å². The Morgan fingerprint density at radius 1 is 1.17 bits per heavy atom. The van der Waals surface area contributed by atoms with Gasteiger partial charge in [-0.25, -0.2) is 9.97 Å². The van der Waals surface area contributed by atoms with E-state index >= 15 is 0 Å². The van der Waals surface area contributed by atoms with Crippen LogP contribution in [-0.4, -0.2) is 42.3 Å². The van der Waals surface area contributed by atoms with Crippen molar-refractivity contribution >= 4 is 17.4 Å². The third kappa shape index (κ3) is 6.63. The lowest BCUT2D eigenvalue weighted by Gasteiger charge is -2.16. The minimum Gasteiger partial charge on any atom is -0.491 e. The minimum absolute atomic E-state index is 0.00760. The van der Waals surface area contributed by atoms with Crippen molar-refractivity contribution in [3.8, 4) is 11.6 Å². The van der Waals surface area contributed by atoms with E-state index < -0.39 is 17.6 Å². The highest BCUT2D eigenvalue weighted by atomic mass is 19.4. The van der Waals surface area contributed by atoms with Gasteiger partial charge >= 0.3 is 6.18 Å². The van der Waals surface area contributed by atoms with E-state index in [0.717, 1.165) is 30.5 Å². The van der Waals surface area contributed by atoms with Gasteiger partial charge in [-0.15, -0.1) is 0 Å². The molecule has 0 spiro atoms. The zero-order valence-electron chi connectivity index (χ0n) is 19.5. The molecule has 1 aliphatic heterocycles. The molecule has 36 heavy (non-hydrogen) atoms. The van der Waals surface area contributed by atoms with Crippen molar-refractivity contribution in [3.05, 3.63) is 71.5 Å². The van der Waals surface area contributed by atoms with Crippen LogP contribution in [0.1, 0.15) is 34.3 Å². The highest BCUT2D eigenvalue weighted by Crippen LogP contribution is 2.34. The molecule has 3 aromatic rings. The third-order valence-electron chi connectivity index (χ3n) is 5.47. The van der Waals surface area contributed by atoms with E-state index in [4.69, 9.17) is 14.2 Å². The first kappa shape index (κ1) is 25.2. The number of rotatable bonds is 9. The summed E-state index contributed by atoms with van der Waals surface area (Å²) in [6.07, 6.45) is -0.0154. The molecule has 0 radical (unpaired) electrons. The molecule has 3 heterocycles. The maximum atomic E-state index is 13.5. The van der Waals surface area contributed by atoms with Crippen LogP contribution in [0.5, 0.6) is 11.6 Å². The van der Waals surface area contributed by atoms with E-state index in [1.165, 1.54) is 25.4 Å². The number of amides is 1. The third-order valence-corrected chi connectivity index (χ3v) is 5.47. The first-order valence-corrected chi connectivity index (χ1v) is 11.3. The molecule has 190 valence electrons. The lowest BCUT2D eigenvalue weighted by Crippen LogP contribution is -2.18. The van der Waals surface area contributed by atoms with E-state index in [1.807, 2.05) is 0 Å². The van der Waals surface area contributed by atoms with Crippen molar-refractivity contribution in [1.82, 2.24) is 9.97 Å². The number of hydrogen-bond donors (Lipinski definition) is 2. The number of halogens is 3. The zero-order chi connectivity index (χ0) is 25.5. The standard InChI is InChI=1S/C25H25F3N4O4/c1-34-22-10-16(6-8-29-22)14-31-23-21(5-2-7-30-23)24(33)32-18-11-17(25(26,27)28)12-20(13-18)36-15-19-4-3-9-35-19/h2,5-8,10-13,19H,3-4,9,14-15H2,1H3,(H,30,31)(H,32,33)/t19-/m0/s1. The summed E-state index contributed by atoms with van der Waals surface area (Å²) >= 11 is 0. The second-order valence-electron chi connectivity index (χ2n) is 8.10. The molecule has 0 unspecified atom stereocenters. The van der Waals surface area contributed by atoms with Crippen LogP contribution < -0.4 is 20.1 Å². The van der Waals surface area contributed by atoms with E-state index in [1.54, 1.807) is 24.4 Å². The fourth-order valence-electron chi connectivity index (χ4n) is 3.67. The predicted molar refractivity (Wildman–Crippen MR) is 126 cm³/mol. The Bertz CT molecular complexity index is 1200. The van der Waals surface area contributed by atoms with E-state index in [0.29, 0.717) is 19.0 Å². The average Bonchev–Trinajstić information content (AvgIpc) is 3.40. The minimum atomic E-state index is -4.62. The van der Waals surface area contributed by atoms with Gasteiger partial charge < -0.3 is 24.8 Å². The van der Waals surface area contributed by atoms with Gasteiger partial charge in [-0.1, -0.05) is 0 Å². The van der Waals surface area contributed by atoms with Gasteiger partial charge in [-0.2, -0.15) is 13.2 Å². The second kappa shape index (κ2) is 11.3. The Morgan fingerprint density at radius 3 is 2.78 bits per heavy atom. The number of nitrogens with zero attached hydrogens (tertiary/aromatic N) is 2. The molecule has 0 saturated carbocycles. The Kier molecular flexibility index (Phi) is 7.89. The van der Waals surface area contributed by atoms with Crippen LogP contribution in [0.15, 0.2) is 54.9 Å². The second-order valence-corrected chi connectivity index (χ2v) is 8.10. The Balaban J connectivity index is 1.50. The zero-order valence-corrected chi connectivity index (χ0v) is 19.5. The van der Waals surface area contributed by atoms with Crippen LogP contribution in [0.3, 0.4) is 0 Å². The van der Waals surface area contributed by atoms with Gasteiger partial charge in [-0.05, 0) is 48.7 Å². The van der Waals surface area contributed by atoms with Crippen LogP contribution >= 0.6 is 0 Å². The van der Waals surface area contributed by atoms with Crippen molar-refractivity contribution in [2.75, 3.05) is 31.0 Å². The monoisotopic (exact) mass is 502 g/mol. The van der Waals surface area contributed by atoms with Crippen molar-refractivity contribution in [3.63, 3.8) is 0 Å². The summed E-state index contributed by atoms with van der Waals surface area (Å²) in [6.45, 7) is 1.06. The first-order chi connectivity index (χ1) is 17.3. The molecule has 8 nitrogen and oxygen atoms in total. The molecule has 1 atom stereocenters. The van der Waals surface area contributed by atoms with Crippen LogP contribution in [0.2, 0.25) is 0 Å². The number of aromatic nitrogens is 2. The number of carbonyl (C=O) groups is 1. The molecule has 1 aliphatic rings. The summed E-state index contributed by atoms with van der Waals surface area (Å²) in [5.41, 5.74) is 0.0205. The van der Waals surface area contributed by atoms with Crippen LogP contribution in [0.25, 0.3) is 0 Å². The molecule has 0 bridgehead atoms. The normalized spacial score (nSPS) is 15.4. The molecule has 2 aromatic heterocycles. The van der Waals surface area contributed by atoms with Gasteiger partial charge in [0.15, 0.2) is 0 Å². The van der Waals surface area contributed by atoms with Crippen LogP contribution in [0, 0.1) is 0 Å². The summed E-state index contributed by atoms with van der Waals surface area (Å²) in [5.74, 6) is 0.0806. The topological polar surface area (TPSA) is 94.6 Å². The number of ether oxygens (including phenoxy) is 3. The smallest absolute Gasteiger partial charge is 0.416 e. The Labute approximate surface area is 205 Å². The molecule has 1 fully saturated rings. The van der Waals surface area contributed by atoms with E-state index in [9.17, 15) is 18.0 Å². The number of alkyl halides is 3. The number of hydrogen-bond acceptors (Lipinski definition) is 7. The number of carbonyl (C=O) groups excluding carboxylic acids is 1. The van der Waals surface area contributed by atoms with Crippen molar-refractivity contribution in [2.24, 2.45) is 0 Å². The average molecular weight is 502 g/mol. The number of benzene rings is 1. The number of methoxy groups -OCH3 is 1. The van der Waals surface area contributed by atoms with Crippen molar-refractivity contribution in [1.29, 1.82) is 0 Å². The SMILES string of the molecule is COc1cc(CNc2ncccc2C(=O)Nc2cc(OC[C@@H]3CCCO3)cc(C(F)(F)F)c2)ccn1. The number of anilines is 2. The predicted octanol–water partition coefficient (Wildman–Crippen LogP) is 4.93. The van der Waals surface area contributed by atoms with E-state index in [-0.39, 0.29) is 35.5 Å². The van der Waals surface area contributed by atoms with Gasteiger partial charge in [-0.3, -0.25) is 4.79 Å². The lowest BCUT2D eigenvalue weighted by molar-refractivity contribution is -0.137. The molecule has 2 N–H and O–H groups in total. The maximum absolute atomic E-state index is 13.5. The largest absolute Gasteiger partial charge is 0.491 e. The molecule has 0 aliphatic carbocycles. The van der Waals surface area contributed by atoms with Crippen LogP contribution in [0.4, 0.5) is 24.7 Å².